The van der Waals surface area contributed by atoms with Gasteiger partial charge in [-0.1, -0.05) is 65.3 Å². The van der Waals surface area contributed by atoms with Crippen molar-refractivity contribution in [2.24, 2.45) is 16.7 Å². The molecule has 2 saturated heterocycles. The summed E-state index contributed by atoms with van der Waals surface area (Å²) in [5.74, 6) is 0.0680. The number of piperazine rings is 1. The molecule has 0 spiro atoms. The number of nitriles is 2. The number of amides is 3. The van der Waals surface area contributed by atoms with E-state index in [9.17, 15) is 24.8 Å². The zero-order chi connectivity index (χ0) is 47.5. The van der Waals surface area contributed by atoms with Gasteiger partial charge in [0.15, 0.2) is 5.76 Å². The lowest BCUT2D eigenvalue weighted by Crippen LogP contribution is -2.74. The van der Waals surface area contributed by atoms with Crippen LogP contribution >= 0.6 is 11.6 Å². The number of β-amino-alcohol motifs (C(OH)–C–C–N with tert-alkyl or cyclic N) is 1. The molecule has 348 valence electrons. The van der Waals surface area contributed by atoms with Crippen LogP contribution in [-0.2, 0) is 9.59 Å². The first kappa shape index (κ1) is 47.8. The lowest BCUT2D eigenvalue weighted by atomic mass is 9.49. The summed E-state index contributed by atoms with van der Waals surface area (Å²) in [4.78, 5) is 51.6. The summed E-state index contributed by atoms with van der Waals surface area (Å²) in [7, 11) is 0. The van der Waals surface area contributed by atoms with E-state index in [-0.39, 0.29) is 60.7 Å². The normalized spacial score (nSPS) is 22.1. The van der Waals surface area contributed by atoms with Crippen molar-refractivity contribution in [1.29, 1.82) is 10.5 Å². The molecule has 17 heteroatoms. The smallest absolute Gasteiger partial charge is 0.254 e. The number of rotatable bonds is 15. The molecule has 3 aliphatic rings. The summed E-state index contributed by atoms with van der Waals surface area (Å²) in [6, 6.07) is 20.0. The van der Waals surface area contributed by atoms with E-state index in [4.69, 9.17) is 30.9 Å². The Hall–Kier alpha value is -6.20. The molecule has 3 N–H and O–H groups in total. The molecule has 0 bridgehead atoms. The number of nitrogens with one attached hydrogen (secondary N) is 2. The summed E-state index contributed by atoms with van der Waals surface area (Å²) >= 11 is 6.25. The Morgan fingerprint density at radius 1 is 0.970 bits per heavy atom. The maximum Gasteiger partial charge on any atom is 0.254 e. The van der Waals surface area contributed by atoms with Crippen molar-refractivity contribution in [3.05, 3.63) is 99.9 Å². The van der Waals surface area contributed by atoms with Gasteiger partial charge in [0.05, 0.1) is 39.9 Å². The second-order valence-corrected chi connectivity index (χ2v) is 19.4. The summed E-state index contributed by atoms with van der Waals surface area (Å²) < 4.78 is 18.0. The number of likely N-dealkylation sites (tertiary alicyclic amines) is 1. The minimum atomic E-state index is -0.867. The topological polar surface area (TPSA) is 210 Å². The third-order valence-corrected chi connectivity index (χ3v) is 13.6. The number of pyridine rings is 1. The van der Waals surface area contributed by atoms with E-state index in [1.54, 1.807) is 60.8 Å². The van der Waals surface area contributed by atoms with Crippen molar-refractivity contribution < 1.29 is 33.5 Å². The van der Waals surface area contributed by atoms with Gasteiger partial charge in [0, 0.05) is 80.9 Å². The average molecular weight is 921 g/mol. The number of nitrogens with zero attached hydrogens (tertiary/aromatic N) is 7. The highest BCUT2D eigenvalue weighted by Crippen LogP contribution is 2.55. The molecule has 1 saturated carbocycles. The Kier molecular flexibility index (Phi) is 14.3. The van der Waals surface area contributed by atoms with Crippen LogP contribution in [0.3, 0.4) is 0 Å². The van der Waals surface area contributed by atoms with Crippen LogP contribution in [0.4, 0.5) is 5.82 Å². The van der Waals surface area contributed by atoms with Gasteiger partial charge in [0.2, 0.25) is 11.8 Å². The first-order chi connectivity index (χ1) is 31.4. The zero-order valence-corrected chi connectivity index (χ0v) is 39.2. The molecule has 1 aliphatic carbocycles. The Balaban J connectivity index is 0.861. The number of carbonyl (C=O) groups excluding carboxylic acids is 3. The fourth-order valence-electron chi connectivity index (χ4n) is 9.94. The van der Waals surface area contributed by atoms with Crippen LogP contribution in [0.2, 0.25) is 5.02 Å². The minimum Gasteiger partial charge on any atom is -0.489 e. The van der Waals surface area contributed by atoms with Crippen LogP contribution in [0.1, 0.15) is 99.7 Å². The highest BCUT2D eigenvalue weighted by Gasteiger charge is 2.64. The Morgan fingerprint density at radius 3 is 2.30 bits per heavy atom. The Labute approximate surface area is 390 Å². The number of aromatic nitrogens is 2. The predicted octanol–water partition coefficient (Wildman–Crippen LogP) is 5.86. The molecule has 4 heterocycles. The first-order valence-corrected chi connectivity index (χ1v) is 22.8. The van der Waals surface area contributed by atoms with Crippen LogP contribution in [0, 0.1) is 39.4 Å². The van der Waals surface area contributed by atoms with Crippen molar-refractivity contribution in [2.45, 2.75) is 91.1 Å². The molecular formula is C49H58ClN9O7. The number of ether oxygens (including phenoxy) is 2. The number of aliphatic hydroxyl groups excluding tert-OH is 1. The monoisotopic (exact) mass is 919 g/mol. The molecule has 7 rings (SSSR count). The van der Waals surface area contributed by atoms with Crippen molar-refractivity contribution in [1.82, 2.24) is 30.6 Å². The van der Waals surface area contributed by atoms with Gasteiger partial charge in [0.1, 0.15) is 42.3 Å². The molecule has 4 aromatic rings. The Bertz CT molecular complexity index is 2460. The molecule has 2 aliphatic heterocycles. The Morgan fingerprint density at radius 2 is 1.68 bits per heavy atom. The number of benzene rings is 2. The lowest BCUT2D eigenvalue weighted by Gasteiger charge is -2.63. The number of halogens is 1. The van der Waals surface area contributed by atoms with Crippen LogP contribution in [-0.4, -0.2) is 113 Å². The molecule has 4 atom stereocenters. The number of carbonyl (C=O) groups is 3. The predicted molar refractivity (Wildman–Crippen MR) is 246 cm³/mol. The van der Waals surface area contributed by atoms with Crippen LogP contribution in [0.15, 0.2) is 71.4 Å². The average Bonchev–Trinajstić information content (AvgIpc) is 3.93. The van der Waals surface area contributed by atoms with Gasteiger partial charge in [-0.2, -0.15) is 10.5 Å². The molecule has 16 nitrogen and oxygen atoms in total. The molecule has 0 radical (unpaired) electrons. The van der Waals surface area contributed by atoms with Gasteiger partial charge < -0.3 is 39.5 Å². The lowest BCUT2D eigenvalue weighted by molar-refractivity contribution is -0.164. The first-order valence-electron chi connectivity index (χ1n) is 22.4. The van der Waals surface area contributed by atoms with Crippen molar-refractivity contribution in [3.8, 4) is 23.8 Å². The van der Waals surface area contributed by atoms with E-state index in [1.807, 2.05) is 26.8 Å². The van der Waals surface area contributed by atoms with Crippen LogP contribution in [0.5, 0.6) is 11.6 Å². The van der Waals surface area contributed by atoms with Gasteiger partial charge in [-0.25, -0.2) is 4.98 Å². The summed E-state index contributed by atoms with van der Waals surface area (Å²) in [6.07, 6.45) is 0.658. The fourth-order valence-corrected chi connectivity index (χ4v) is 10.2. The van der Waals surface area contributed by atoms with E-state index in [0.29, 0.717) is 46.4 Å². The van der Waals surface area contributed by atoms with E-state index in [1.165, 1.54) is 4.90 Å². The molecule has 66 heavy (non-hydrogen) atoms. The van der Waals surface area contributed by atoms with E-state index >= 15 is 0 Å². The standard InChI is InChI=1S/C49H58ClN9O7/c1-29(2)42(45(63)59-28-35(60)22-38(59)44(62)54-30(3)32-10-8-31(25-51)9-11-32)39-24-41(56-66-39)64-21-20-57-16-18-58(19-17-57)40-15-13-34(27-53-40)43(61)55-46-48(4,5)47(49(46,6)7)65-36-14-12-33(26-52)37(50)23-36/h8-15,23-24,27,29-30,35,38,42,46-47,60H,16-22,28H2,1-7H3,(H,54,62)(H,55,61)/t30?,35-,38+,42?,46-,47-/m1/s1. The number of hydrogen-bond acceptors (Lipinski definition) is 13. The van der Waals surface area contributed by atoms with Crippen LogP contribution in [0.25, 0.3) is 0 Å². The molecule has 2 aromatic carbocycles. The number of anilines is 1. The van der Waals surface area contributed by atoms with Crippen molar-refractivity contribution in [2.75, 3.05) is 50.8 Å². The highest BCUT2D eigenvalue weighted by molar-refractivity contribution is 6.31. The summed E-state index contributed by atoms with van der Waals surface area (Å²) in [6.45, 7) is 17.9. The maximum atomic E-state index is 14.1. The van der Waals surface area contributed by atoms with E-state index in [2.05, 4.69) is 70.4 Å². The van der Waals surface area contributed by atoms with Gasteiger partial charge in [-0.3, -0.25) is 19.3 Å². The third kappa shape index (κ3) is 10.1. The maximum absolute atomic E-state index is 14.1. The fraction of sp³-hybridized carbons (Fsp3) is 0.490. The molecule has 3 amide bonds. The van der Waals surface area contributed by atoms with Crippen LogP contribution < -0.4 is 25.0 Å². The largest absolute Gasteiger partial charge is 0.489 e. The van der Waals surface area contributed by atoms with Crippen molar-refractivity contribution >= 4 is 35.1 Å². The molecule has 3 fully saturated rings. The van der Waals surface area contributed by atoms with Gasteiger partial charge in [0.25, 0.3) is 11.8 Å². The quantitative estimate of drug-likeness (QED) is 0.128. The summed E-state index contributed by atoms with van der Waals surface area (Å²) in [5, 5.41) is 39.6. The van der Waals surface area contributed by atoms with Gasteiger partial charge >= 0.3 is 0 Å². The van der Waals surface area contributed by atoms with Gasteiger partial charge in [-0.15, -0.1) is 0 Å². The minimum absolute atomic E-state index is 0.0185. The second kappa shape index (κ2) is 19.7. The third-order valence-electron chi connectivity index (χ3n) is 13.3. The molecule has 2 unspecified atom stereocenters. The molecule has 2 aromatic heterocycles. The number of aliphatic hydroxyl groups is 1. The van der Waals surface area contributed by atoms with Gasteiger partial charge in [-0.05, 0) is 60.0 Å². The summed E-state index contributed by atoms with van der Waals surface area (Å²) in [5.41, 5.74) is 1.39. The zero-order valence-electron chi connectivity index (χ0n) is 38.5. The second-order valence-electron chi connectivity index (χ2n) is 19.0. The SMILES string of the molecule is CC(NC(=O)[C@@H]1C[C@@H](O)CN1C(=O)C(c1cc(OCCN2CCN(c3ccc(C(=O)N[C@H]4C(C)(C)[C@H](Oc5ccc(C#N)c(Cl)c5)C4(C)C)cn3)CC2)no1)C(C)C)c1ccc(C#N)cc1. The van der Waals surface area contributed by atoms with E-state index in [0.717, 1.165) is 37.6 Å². The van der Waals surface area contributed by atoms with Crippen molar-refractivity contribution in [3.63, 3.8) is 0 Å². The number of hydrogen-bond donors (Lipinski definition) is 3. The van der Waals surface area contributed by atoms with E-state index < -0.39 is 28.9 Å². The highest BCUT2D eigenvalue weighted by atomic mass is 35.5. The molecular weight excluding hydrogens is 862 g/mol.